The van der Waals surface area contributed by atoms with Gasteiger partial charge in [0.05, 0.1) is 0 Å². The maximum atomic E-state index is 7.56. The minimum atomic E-state index is -2.08. The van der Waals surface area contributed by atoms with Gasteiger partial charge in [-0.05, 0) is 25.4 Å². The third kappa shape index (κ3) is 1.81. The average molecular weight is 279 g/mol. The van der Waals surface area contributed by atoms with E-state index in [-0.39, 0.29) is 0 Å². The van der Waals surface area contributed by atoms with E-state index >= 15 is 0 Å². The van der Waals surface area contributed by atoms with Crippen LogP contribution in [-0.2, 0) is 13.5 Å². The number of imidazole rings is 1. The molecule has 0 saturated carbocycles. The van der Waals surface area contributed by atoms with E-state index in [1.54, 1.807) is 12.1 Å². The maximum absolute atomic E-state index is 7.56. The molecule has 3 heterocycles. The summed E-state index contributed by atoms with van der Waals surface area (Å²) in [6, 6.07) is 7.41. The molecule has 0 radical (unpaired) electrons. The van der Waals surface area contributed by atoms with E-state index in [1.807, 2.05) is 20.0 Å². The van der Waals surface area contributed by atoms with Crippen LogP contribution in [0.2, 0.25) is 0 Å². The quantitative estimate of drug-likeness (QED) is 0.627. The fraction of sp³-hybridized carbons (Fsp3) is 0.222. The van der Waals surface area contributed by atoms with Gasteiger partial charge in [0.25, 0.3) is 0 Å². The lowest BCUT2D eigenvalue weighted by Gasteiger charge is -2.06. The number of aromatic nitrogens is 3. The highest BCUT2D eigenvalue weighted by Gasteiger charge is 2.19. The van der Waals surface area contributed by atoms with E-state index in [1.165, 1.54) is 0 Å². The molecule has 1 aromatic carbocycles. The maximum Gasteiger partial charge on any atom is 0.214 e. The first kappa shape index (κ1) is 9.50. The van der Waals surface area contributed by atoms with E-state index < -0.39 is 6.85 Å². The van der Waals surface area contributed by atoms with Crippen molar-refractivity contribution in [1.29, 1.82) is 0 Å². The van der Waals surface area contributed by atoms with Crippen LogP contribution in [0.5, 0.6) is 0 Å². The van der Waals surface area contributed by atoms with Crippen LogP contribution in [0.15, 0.2) is 36.5 Å². The molecular formula is C18H18N3+. The summed E-state index contributed by atoms with van der Waals surface area (Å²) in [5.74, 6) is 1.05. The topological polar surface area (TPSA) is 21.7 Å². The Bertz CT molecular complexity index is 997. The monoisotopic (exact) mass is 279 g/mol. The molecule has 0 aliphatic carbocycles. The standard InChI is InChI=1S/C18H18N3/c1-12-6-7-14(13(2)9-12)16-10-15-17(11-20(16)3)21-8-4-5-18(21)19-15/h4,6-11H,5H2,1-3H3/q+1/i1D3. The van der Waals surface area contributed by atoms with Crippen molar-refractivity contribution in [3.8, 4) is 11.3 Å². The van der Waals surface area contributed by atoms with Crippen molar-refractivity contribution in [2.45, 2.75) is 20.2 Å². The Hall–Kier alpha value is -2.42. The number of nitrogens with zero attached hydrogens (tertiary/aromatic N) is 3. The molecule has 0 unspecified atom stereocenters. The number of benzene rings is 1. The Labute approximate surface area is 128 Å². The molecule has 21 heavy (non-hydrogen) atoms. The van der Waals surface area contributed by atoms with Gasteiger partial charge in [0.15, 0.2) is 6.20 Å². The smallest absolute Gasteiger partial charge is 0.214 e. The molecule has 0 amide bonds. The number of allylic oxidation sites excluding steroid dienone is 1. The van der Waals surface area contributed by atoms with Gasteiger partial charge in [0, 0.05) is 28.4 Å². The summed E-state index contributed by atoms with van der Waals surface area (Å²) in [5, 5.41) is 0. The van der Waals surface area contributed by atoms with E-state index in [0.717, 1.165) is 40.1 Å². The second kappa shape index (κ2) is 4.29. The van der Waals surface area contributed by atoms with Crippen molar-refractivity contribution in [1.82, 2.24) is 9.55 Å². The van der Waals surface area contributed by atoms with E-state index in [4.69, 9.17) is 9.10 Å². The number of pyridine rings is 1. The number of aryl methyl sites for hydroxylation is 3. The van der Waals surface area contributed by atoms with E-state index in [0.29, 0.717) is 5.56 Å². The molecule has 0 fully saturated rings. The predicted octanol–water partition coefficient (Wildman–Crippen LogP) is 3.17. The Morgan fingerprint density at radius 3 is 3.05 bits per heavy atom. The van der Waals surface area contributed by atoms with Crippen molar-refractivity contribution in [3.63, 3.8) is 0 Å². The normalized spacial score (nSPS) is 15.8. The lowest BCUT2D eigenvalue weighted by Crippen LogP contribution is -2.30. The zero-order chi connectivity index (χ0) is 17.1. The zero-order valence-corrected chi connectivity index (χ0v) is 12.1. The molecular weight excluding hydrogens is 258 g/mol. The van der Waals surface area contributed by atoms with Gasteiger partial charge in [-0.15, -0.1) is 0 Å². The van der Waals surface area contributed by atoms with Gasteiger partial charge < -0.3 is 0 Å². The van der Waals surface area contributed by atoms with Crippen molar-refractivity contribution >= 4 is 17.2 Å². The SMILES string of the molecule is [2H]C([2H])([2H])c1ccc(-c2cc3nc4n(c3c[n+]2C)C=CC4)c(C)c1. The average Bonchev–Trinajstić information content (AvgIpc) is 3.07. The molecule has 0 spiro atoms. The summed E-state index contributed by atoms with van der Waals surface area (Å²) in [7, 11) is 2.00. The molecule has 3 heteroatoms. The number of hydrogen-bond donors (Lipinski definition) is 0. The van der Waals surface area contributed by atoms with Crippen LogP contribution in [0.25, 0.3) is 28.5 Å². The molecule has 4 rings (SSSR count). The van der Waals surface area contributed by atoms with Crippen molar-refractivity contribution in [2.24, 2.45) is 7.05 Å². The van der Waals surface area contributed by atoms with Gasteiger partial charge in [-0.2, -0.15) is 4.57 Å². The summed E-state index contributed by atoms with van der Waals surface area (Å²) >= 11 is 0. The van der Waals surface area contributed by atoms with Gasteiger partial charge in [-0.1, -0.05) is 23.8 Å². The lowest BCUT2D eigenvalue weighted by atomic mass is 10.0. The number of hydrogen-bond acceptors (Lipinski definition) is 1. The van der Waals surface area contributed by atoms with Crippen molar-refractivity contribution < 1.29 is 8.68 Å². The van der Waals surface area contributed by atoms with Crippen LogP contribution in [0.1, 0.15) is 21.1 Å². The molecule has 3 nitrogen and oxygen atoms in total. The van der Waals surface area contributed by atoms with E-state index in [9.17, 15) is 0 Å². The largest absolute Gasteiger partial charge is 0.298 e. The van der Waals surface area contributed by atoms with Crippen LogP contribution in [0, 0.1) is 13.8 Å². The van der Waals surface area contributed by atoms with Crippen LogP contribution in [-0.4, -0.2) is 9.55 Å². The van der Waals surface area contributed by atoms with Crippen LogP contribution in [0.4, 0.5) is 0 Å². The van der Waals surface area contributed by atoms with Crippen molar-refractivity contribution in [2.75, 3.05) is 0 Å². The Morgan fingerprint density at radius 2 is 2.24 bits per heavy atom. The summed E-state index contributed by atoms with van der Waals surface area (Å²) < 4.78 is 26.9. The Balaban J connectivity index is 1.88. The number of fused-ring (bicyclic) bond motifs is 3. The minimum absolute atomic E-state index is 0.374. The third-order valence-electron chi connectivity index (χ3n) is 4.08. The number of rotatable bonds is 1. The highest BCUT2D eigenvalue weighted by Crippen LogP contribution is 2.26. The van der Waals surface area contributed by atoms with Crippen molar-refractivity contribution in [3.05, 3.63) is 53.5 Å². The first-order chi connectivity index (χ1) is 11.3. The third-order valence-corrected chi connectivity index (χ3v) is 4.08. The first-order valence-corrected chi connectivity index (χ1v) is 7.03. The first-order valence-electron chi connectivity index (χ1n) is 8.53. The summed E-state index contributed by atoms with van der Waals surface area (Å²) in [6.45, 7) is -0.128. The van der Waals surface area contributed by atoms with Crippen LogP contribution < -0.4 is 4.57 Å². The van der Waals surface area contributed by atoms with Gasteiger partial charge in [-0.3, -0.25) is 4.57 Å². The molecule has 0 bridgehead atoms. The molecule has 0 saturated heterocycles. The second-order valence-electron chi connectivity index (χ2n) is 5.56. The summed E-state index contributed by atoms with van der Waals surface area (Å²) in [5.41, 5.74) is 5.42. The van der Waals surface area contributed by atoms with Gasteiger partial charge in [0.1, 0.15) is 23.9 Å². The molecule has 0 atom stereocenters. The van der Waals surface area contributed by atoms with Crippen LogP contribution in [0.3, 0.4) is 0 Å². The summed E-state index contributed by atoms with van der Waals surface area (Å²) in [6.07, 6.45) is 7.10. The fourth-order valence-corrected chi connectivity index (χ4v) is 3.02. The highest BCUT2D eigenvalue weighted by molar-refractivity contribution is 5.81. The molecule has 1 aliphatic heterocycles. The fourth-order valence-electron chi connectivity index (χ4n) is 3.02. The molecule has 104 valence electrons. The Kier molecular flexibility index (Phi) is 1.94. The molecule has 1 aliphatic rings. The molecule has 2 aromatic heterocycles. The molecule has 0 N–H and O–H groups in total. The summed E-state index contributed by atoms with van der Waals surface area (Å²) in [4.78, 5) is 4.70. The molecule has 3 aromatic rings. The highest BCUT2D eigenvalue weighted by atomic mass is 15.1. The zero-order valence-electron chi connectivity index (χ0n) is 15.1. The van der Waals surface area contributed by atoms with E-state index in [2.05, 4.69) is 33.7 Å². The van der Waals surface area contributed by atoms with Gasteiger partial charge >= 0.3 is 0 Å². The predicted molar refractivity (Wildman–Crippen MR) is 84.9 cm³/mol. The second-order valence-corrected chi connectivity index (χ2v) is 5.56. The lowest BCUT2D eigenvalue weighted by molar-refractivity contribution is -0.659. The van der Waals surface area contributed by atoms with Gasteiger partial charge in [-0.25, -0.2) is 4.98 Å². The minimum Gasteiger partial charge on any atom is -0.298 e. The van der Waals surface area contributed by atoms with Crippen LogP contribution >= 0.6 is 0 Å². The Morgan fingerprint density at radius 1 is 1.33 bits per heavy atom. The van der Waals surface area contributed by atoms with Gasteiger partial charge in [0.2, 0.25) is 5.69 Å².